The molecule has 2 aromatic rings. The molecule has 0 atom stereocenters. The fraction of sp³-hybridized carbons (Fsp3) is 0.167. The van der Waals surface area contributed by atoms with Gasteiger partial charge in [-0.05, 0) is 60.4 Å². The topological polar surface area (TPSA) is 127 Å². The zero-order valence-electron chi connectivity index (χ0n) is 18.1. The van der Waals surface area contributed by atoms with Gasteiger partial charge < -0.3 is 9.47 Å². The zero-order chi connectivity index (χ0) is 24.5. The molecule has 34 heavy (non-hydrogen) atoms. The highest BCUT2D eigenvalue weighted by atomic mass is 32.2. The van der Waals surface area contributed by atoms with E-state index in [9.17, 15) is 25.9 Å². The van der Waals surface area contributed by atoms with Crippen molar-refractivity contribution in [3.63, 3.8) is 0 Å². The summed E-state index contributed by atoms with van der Waals surface area (Å²) in [7, 11) is -8.72. The Bertz CT molecular complexity index is 1380. The first-order chi connectivity index (χ1) is 15.8. The number of ether oxygens (including phenoxy) is 2. The second-order valence-corrected chi connectivity index (χ2v) is 12.4. The standard InChI is InChI=1S/C24H20O8S2/c1-23(33(25,26)27)7-3-15-11-19-20(12-16(15)4-8-23)32-22-14-18-6-10-24(2,34(28,29)30)9-5-17(18)13-21(22)31-19/h3-14H,1-2H3,(H,25,26,27)(H,28,29,30). The summed E-state index contributed by atoms with van der Waals surface area (Å²) >= 11 is 0. The molecule has 2 aromatic carbocycles. The summed E-state index contributed by atoms with van der Waals surface area (Å²) in [4.78, 5) is 0. The summed E-state index contributed by atoms with van der Waals surface area (Å²) in [6, 6.07) is 6.84. The lowest BCUT2D eigenvalue weighted by Gasteiger charge is -2.23. The molecule has 3 aliphatic rings. The highest BCUT2D eigenvalue weighted by molar-refractivity contribution is 7.87. The summed E-state index contributed by atoms with van der Waals surface area (Å²) in [5.74, 6) is 1.65. The normalized spacial score (nSPS) is 18.9. The molecule has 2 N–H and O–H groups in total. The average molecular weight is 501 g/mol. The maximum atomic E-state index is 11.8. The lowest BCUT2D eigenvalue weighted by Crippen LogP contribution is -2.29. The van der Waals surface area contributed by atoms with Gasteiger partial charge in [0, 0.05) is 0 Å². The van der Waals surface area contributed by atoms with Gasteiger partial charge in [-0.1, -0.05) is 48.6 Å². The van der Waals surface area contributed by atoms with Crippen LogP contribution in [0.1, 0.15) is 36.1 Å². The van der Waals surface area contributed by atoms with E-state index < -0.39 is 29.7 Å². The van der Waals surface area contributed by atoms with Crippen LogP contribution in [0.4, 0.5) is 0 Å². The van der Waals surface area contributed by atoms with Gasteiger partial charge in [0.2, 0.25) is 0 Å². The van der Waals surface area contributed by atoms with E-state index in [0.717, 1.165) is 0 Å². The fourth-order valence-electron chi connectivity index (χ4n) is 3.79. The molecule has 0 bridgehead atoms. The van der Waals surface area contributed by atoms with Crippen LogP contribution in [0.3, 0.4) is 0 Å². The van der Waals surface area contributed by atoms with E-state index in [0.29, 0.717) is 45.3 Å². The molecule has 0 fully saturated rings. The minimum absolute atomic E-state index is 0.413. The molecule has 2 aliphatic carbocycles. The fourth-order valence-corrected chi connectivity index (χ4v) is 4.75. The van der Waals surface area contributed by atoms with Gasteiger partial charge in [-0.15, -0.1) is 0 Å². The van der Waals surface area contributed by atoms with Gasteiger partial charge in [0.25, 0.3) is 20.2 Å². The van der Waals surface area contributed by atoms with Crippen LogP contribution in [0, 0.1) is 0 Å². The first-order valence-electron chi connectivity index (χ1n) is 10.2. The Morgan fingerprint density at radius 1 is 0.559 bits per heavy atom. The van der Waals surface area contributed by atoms with Crippen LogP contribution in [0.25, 0.3) is 24.3 Å². The number of hydrogen-bond acceptors (Lipinski definition) is 6. The zero-order valence-corrected chi connectivity index (χ0v) is 19.7. The van der Waals surface area contributed by atoms with Gasteiger partial charge in [0.15, 0.2) is 23.0 Å². The van der Waals surface area contributed by atoms with Crippen LogP contribution in [0.2, 0.25) is 0 Å². The third kappa shape index (κ3) is 3.59. The van der Waals surface area contributed by atoms with E-state index in [1.165, 1.54) is 38.2 Å². The van der Waals surface area contributed by atoms with E-state index in [1.807, 2.05) is 0 Å². The van der Waals surface area contributed by atoms with Gasteiger partial charge in [-0.2, -0.15) is 16.8 Å². The predicted octanol–water partition coefficient (Wildman–Crippen LogP) is 4.96. The Balaban J connectivity index is 1.54. The predicted molar refractivity (Wildman–Crippen MR) is 129 cm³/mol. The van der Waals surface area contributed by atoms with Gasteiger partial charge in [0.1, 0.15) is 9.49 Å². The highest BCUT2D eigenvalue weighted by Crippen LogP contribution is 2.48. The van der Waals surface area contributed by atoms with Gasteiger partial charge in [-0.25, -0.2) is 0 Å². The summed E-state index contributed by atoms with van der Waals surface area (Å²) in [5, 5.41) is 0. The lowest BCUT2D eigenvalue weighted by molar-refractivity contribution is 0.359. The van der Waals surface area contributed by atoms with Crippen molar-refractivity contribution in [2.75, 3.05) is 0 Å². The SMILES string of the molecule is CC1(S(=O)(=O)O)C=Cc2cc3c(cc2C=C1)Oc1cc2c(cc1O3)C=CC(C)(S(=O)(=O)O)C=C2. The second-order valence-electron chi connectivity index (χ2n) is 8.71. The van der Waals surface area contributed by atoms with Crippen molar-refractivity contribution in [1.29, 1.82) is 0 Å². The molecule has 1 heterocycles. The number of fused-ring (bicyclic) bond motifs is 4. The monoisotopic (exact) mass is 500 g/mol. The summed E-state index contributed by atoms with van der Waals surface area (Å²) < 4.78 is 75.4. The van der Waals surface area contributed by atoms with Crippen LogP contribution in [-0.4, -0.2) is 35.4 Å². The number of hydrogen-bond donors (Lipinski definition) is 2. The van der Waals surface area contributed by atoms with Crippen molar-refractivity contribution in [2.45, 2.75) is 23.3 Å². The smallest absolute Gasteiger partial charge is 0.277 e. The van der Waals surface area contributed by atoms with Crippen LogP contribution in [-0.2, 0) is 20.2 Å². The molecule has 8 nitrogen and oxygen atoms in total. The van der Waals surface area contributed by atoms with Crippen molar-refractivity contribution in [3.05, 3.63) is 70.8 Å². The third-order valence-electron chi connectivity index (χ3n) is 6.23. The van der Waals surface area contributed by atoms with Gasteiger partial charge in [-0.3, -0.25) is 9.11 Å². The lowest BCUT2D eigenvalue weighted by atomic mass is 10.0. The first-order valence-corrected chi connectivity index (χ1v) is 13.1. The Morgan fingerprint density at radius 3 is 1.00 bits per heavy atom. The molecule has 0 saturated carbocycles. The van der Waals surface area contributed by atoms with Crippen LogP contribution >= 0.6 is 0 Å². The second kappa shape index (κ2) is 7.16. The first kappa shape index (κ1) is 22.6. The van der Waals surface area contributed by atoms with Gasteiger partial charge in [0.05, 0.1) is 0 Å². The Kier molecular flexibility index (Phi) is 4.76. The Labute approximate surface area is 197 Å². The molecule has 176 valence electrons. The molecule has 5 rings (SSSR count). The van der Waals surface area contributed by atoms with Crippen molar-refractivity contribution >= 4 is 44.5 Å². The maximum Gasteiger partial charge on any atom is 0.277 e. The van der Waals surface area contributed by atoms with E-state index in [4.69, 9.17) is 9.47 Å². The molecular formula is C24H20O8S2. The molecule has 0 aromatic heterocycles. The average Bonchev–Trinajstić information content (AvgIpc) is 3.02. The summed E-state index contributed by atoms with van der Waals surface area (Å²) in [5.41, 5.74) is 2.71. The Morgan fingerprint density at radius 2 is 0.794 bits per heavy atom. The number of benzene rings is 2. The van der Waals surface area contributed by atoms with Crippen molar-refractivity contribution in [2.24, 2.45) is 0 Å². The van der Waals surface area contributed by atoms with Crippen LogP contribution in [0.15, 0.2) is 48.6 Å². The van der Waals surface area contributed by atoms with Crippen molar-refractivity contribution in [1.82, 2.24) is 0 Å². The largest absolute Gasteiger partial charge is 0.449 e. The minimum atomic E-state index is -4.36. The number of rotatable bonds is 2. The van der Waals surface area contributed by atoms with E-state index in [-0.39, 0.29) is 0 Å². The molecule has 0 radical (unpaired) electrons. The van der Waals surface area contributed by atoms with E-state index in [1.54, 1.807) is 48.6 Å². The quantitative estimate of drug-likeness (QED) is 0.473. The molecule has 0 saturated heterocycles. The van der Waals surface area contributed by atoms with Crippen molar-refractivity contribution < 1.29 is 35.4 Å². The molecular weight excluding hydrogens is 480 g/mol. The molecule has 10 heteroatoms. The molecule has 1 aliphatic heterocycles. The maximum absolute atomic E-state index is 11.8. The summed E-state index contributed by atoms with van der Waals surface area (Å²) in [6.45, 7) is 2.79. The molecule has 0 amide bonds. The minimum Gasteiger partial charge on any atom is -0.449 e. The third-order valence-corrected chi connectivity index (χ3v) is 8.99. The van der Waals surface area contributed by atoms with E-state index in [2.05, 4.69) is 0 Å². The van der Waals surface area contributed by atoms with Crippen molar-refractivity contribution in [3.8, 4) is 23.0 Å². The van der Waals surface area contributed by atoms with Crippen LogP contribution in [0.5, 0.6) is 23.0 Å². The molecule has 0 spiro atoms. The highest BCUT2D eigenvalue weighted by Gasteiger charge is 2.35. The molecule has 0 unspecified atom stereocenters. The van der Waals surface area contributed by atoms with Crippen LogP contribution < -0.4 is 9.47 Å². The van der Waals surface area contributed by atoms with E-state index >= 15 is 0 Å². The Hall–Kier alpha value is -3.18. The summed E-state index contributed by atoms with van der Waals surface area (Å²) in [6.07, 6.45) is 12.0. The van der Waals surface area contributed by atoms with Gasteiger partial charge >= 0.3 is 0 Å².